The van der Waals surface area contributed by atoms with Gasteiger partial charge in [0.05, 0.1) is 12.7 Å². The molecule has 0 spiro atoms. The molecule has 186 valence electrons. The first kappa shape index (κ1) is 27.5. The fourth-order valence-corrected chi connectivity index (χ4v) is 4.22. The van der Waals surface area contributed by atoms with Gasteiger partial charge in [-0.15, -0.1) is 0 Å². The summed E-state index contributed by atoms with van der Waals surface area (Å²) < 4.78 is 12.0. The molecule has 0 aromatic heterocycles. The largest absolute Gasteiger partial charge is 0.395 e. The van der Waals surface area contributed by atoms with Crippen LogP contribution < -0.4 is 5.32 Å². The Balaban J connectivity index is 1.80. The average molecular weight is 462 g/mol. The normalized spacial score (nSPS) is 24.2. The SMILES string of the molecule is CCCCC[C@H](/C=C/[C@H]1C(=O)C=C[C@@H]1C/C=C\CCCC(=O)NCCO)OC1CCCCO1. The molecule has 1 aliphatic carbocycles. The van der Waals surface area contributed by atoms with Crippen LogP contribution in [0.15, 0.2) is 36.5 Å². The van der Waals surface area contributed by atoms with Gasteiger partial charge in [0.25, 0.3) is 0 Å². The van der Waals surface area contributed by atoms with Gasteiger partial charge in [-0.2, -0.15) is 0 Å². The highest BCUT2D eigenvalue weighted by Crippen LogP contribution is 2.28. The summed E-state index contributed by atoms with van der Waals surface area (Å²) in [4.78, 5) is 24.0. The van der Waals surface area contributed by atoms with Crippen molar-refractivity contribution in [2.45, 2.75) is 89.9 Å². The minimum absolute atomic E-state index is 0.0128. The lowest BCUT2D eigenvalue weighted by molar-refractivity contribution is -0.179. The average Bonchev–Trinajstić information content (AvgIpc) is 3.18. The standard InChI is InChI=1S/C27H43NO5/c1-2-3-6-12-23(33-27-14-9-10-21-32-27)16-17-24-22(15-18-25(24)30)11-7-4-5-8-13-26(31)28-19-20-29/h4,7,15-18,22-24,27,29H,2-3,5-6,8-14,19-21H2,1H3,(H,28,31)/b7-4-,17-16+/t22-,23+,24+,27?/m0/s1. The first-order valence-electron chi connectivity index (χ1n) is 12.8. The molecule has 0 aromatic rings. The van der Waals surface area contributed by atoms with Crippen LogP contribution in [0.4, 0.5) is 0 Å². The number of hydrogen-bond donors (Lipinski definition) is 2. The van der Waals surface area contributed by atoms with Gasteiger partial charge in [0, 0.05) is 25.5 Å². The number of aliphatic hydroxyl groups is 1. The Morgan fingerprint density at radius 2 is 2.18 bits per heavy atom. The first-order valence-corrected chi connectivity index (χ1v) is 12.8. The molecule has 6 heteroatoms. The third-order valence-electron chi connectivity index (χ3n) is 6.17. The van der Waals surface area contributed by atoms with Gasteiger partial charge in [-0.05, 0) is 56.9 Å². The van der Waals surface area contributed by atoms with Gasteiger partial charge in [0.1, 0.15) is 0 Å². The number of ether oxygens (including phenoxy) is 2. The zero-order chi connectivity index (χ0) is 23.7. The zero-order valence-electron chi connectivity index (χ0n) is 20.3. The Kier molecular flexibility index (Phi) is 14.0. The molecule has 2 rings (SSSR count). The third-order valence-corrected chi connectivity index (χ3v) is 6.17. The van der Waals surface area contributed by atoms with E-state index < -0.39 is 0 Å². The topological polar surface area (TPSA) is 84.9 Å². The Hall–Kier alpha value is -1.76. The maximum absolute atomic E-state index is 12.5. The van der Waals surface area contributed by atoms with Gasteiger partial charge >= 0.3 is 0 Å². The molecule has 1 unspecified atom stereocenters. The van der Waals surface area contributed by atoms with Crippen LogP contribution >= 0.6 is 0 Å². The first-order chi connectivity index (χ1) is 16.1. The quantitative estimate of drug-likeness (QED) is 0.259. The molecule has 1 saturated heterocycles. The van der Waals surface area contributed by atoms with Crippen molar-refractivity contribution in [1.29, 1.82) is 0 Å². The van der Waals surface area contributed by atoms with Crippen LogP contribution in [0.3, 0.4) is 0 Å². The van der Waals surface area contributed by atoms with Crippen molar-refractivity contribution in [2.24, 2.45) is 11.8 Å². The summed E-state index contributed by atoms with van der Waals surface area (Å²) in [7, 11) is 0. The maximum Gasteiger partial charge on any atom is 0.220 e. The molecule has 1 aliphatic heterocycles. The monoisotopic (exact) mass is 461 g/mol. The van der Waals surface area contributed by atoms with Gasteiger partial charge in [-0.1, -0.05) is 56.6 Å². The predicted octanol–water partition coefficient (Wildman–Crippen LogP) is 4.63. The molecule has 1 heterocycles. The summed E-state index contributed by atoms with van der Waals surface area (Å²) in [6, 6.07) is 0. The molecule has 6 nitrogen and oxygen atoms in total. The number of nitrogens with one attached hydrogen (secondary N) is 1. The number of unbranched alkanes of at least 4 members (excludes halogenated alkanes) is 3. The molecule has 0 aromatic carbocycles. The molecule has 0 saturated carbocycles. The number of amides is 1. The number of hydrogen-bond acceptors (Lipinski definition) is 5. The number of carbonyl (C=O) groups excluding carboxylic acids is 2. The van der Waals surface area contributed by atoms with E-state index in [9.17, 15) is 9.59 Å². The van der Waals surface area contributed by atoms with E-state index in [-0.39, 0.29) is 42.5 Å². The van der Waals surface area contributed by atoms with Crippen molar-refractivity contribution in [1.82, 2.24) is 5.32 Å². The fourth-order valence-electron chi connectivity index (χ4n) is 4.22. The van der Waals surface area contributed by atoms with Crippen molar-refractivity contribution in [3.05, 3.63) is 36.5 Å². The second-order valence-electron chi connectivity index (χ2n) is 8.98. The summed E-state index contributed by atoms with van der Waals surface area (Å²) in [6.45, 7) is 3.24. The van der Waals surface area contributed by atoms with Gasteiger partial charge in [0.2, 0.25) is 5.91 Å². The highest BCUT2D eigenvalue weighted by molar-refractivity contribution is 5.95. The summed E-state index contributed by atoms with van der Waals surface area (Å²) in [6.07, 6.45) is 22.4. The summed E-state index contributed by atoms with van der Waals surface area (Å²) in [5, 5.41) is 11.4. The van der Waals surface area contributed by atoms with Crippen molar-refractivity contribution in [3.8, 4) is 0 Å². The van der Waals surface area contributed by atoms with Crippen LogP contribution in [0.25, 0.3) is 0 Å². The number of rotatable bonds is 16. The van der Waals surface area contributed by atoms with E-state index in [1.807, 2.05) is 12.2 Å². The molecule has 0 radical (unpaired) electrons. The van der Waals surface area contributed by atoms with Crippen LogP contribution in [-0.4, -0.2) is 48.9 Å². The Morgan fingerprint density at radius 3 is 2.94 bits per heavy atom. The number of ketones is 1. The Morgan fingerprint density at radius 1 is 1.30 bits per heavy atom. The van der Waals surface area contributed by atoms with Crippen LogP contribution in [-0.2, 0) is 19.1 Å². The van der Waals surface area contributed by atoms with E-state index >= 15 is 0 Å². The maximum atomic E-state index is 12.5. The van der Waals surface area contributed by atoms with Crippen LogP contribution in [0.1, 0.15) is 77.6 Å². The van der Waals surface area contributed by atoms with Crippen molar-refractivity contribution >= 4 is 11.7 Å². The van der Waals surface area contributed by atoms with E-state index in [0.29, 0.717) is 13.0 Å². The molecule has 1 fully saturated rings. The zero-order valence-corrected chi connectivity index (χ0v) is 20.3. The Bertz CT molecular complexity index is 651. The minimum Gasteiger partial charge on any atom is -0.395 e. The molecule has 33 heavy (non-hydrogen) atoms. The molecular formula is C27H43NO5. The lowest BCUT2D eigenvalue weighted by atomic mass is 9.90. The van der Waals surface area contributed by atoms with Crippen LogP contribution in [0.2, 0.25) is 0 Å². The summed E-state index contributed by atoms with van der Waals surface area (Å²) >= 11 is 0. The minimum atomic E-state index is -0.136. The van der Waals surface area contributed by atoms with Gasteiger partial charge < -0.3 is 19.9 Å². The molecule has 2 N–H and O–H groups in total. The van der Waals surface area contributed by atoms with Gasteiger partial charge in [-0.25, -0.2) is 0 Å². The molecular weight excluding hydrogens is 418 g/mol. The summed E-state index contributed by atoms with van der Waals surface area (Å²) in [5.74, 6) is 0.163. The lowest BCUT2D eigenvalue weighted by Crippen LogP contribution is -2.27. The Labute approximate surface area is 199 Å². The van der Waals surface area contributed by atoms with Crippen LogP contribution in [0.5, 0.6) is 0 Å². The summed E-state index contributed by atoms with van der Waals surface area (Å²) in [5.41, 5.74) is 0. The molecule has 4 atom stereocenters. The van der Waals surface area contributed by atoms with Gasteiger partial charge in [-0.3, -0.25) is 9.59 Å². The predicted molar refractivity (Wildman–Crippen MR) is 131 cm³/mol. The fraction of sp³-hybridized carbons (Fsp3) is 0.704. The lowest BCUT2D eigenvalue weighted by Gasteiger charge is -2.27. The van der Waals surface area contributed by atoms with Gasteiger partial charge in [0.15, 0.2) is 12.1 Å². The smallest absolute Gasteiger partial charge is 0.220 e. The molecule has 2 aliphatic rings. The van der Waals surface area contributed by atoms with Crippen molar-refractivity contribution in [2.75, 3.05) is 19.8 Å². The number of aliphatic hydroxyl groups excluding tert-OH is 1. The van der Waals surface area contributed by atoms with E-state index in [2.05, 4.69) is 30.5 Å². The highest BCUT2D eigenvalue weighted by Gasteiger charge is 2.27. The van der Waals surface area contributed by atoms with Crippen LogP contribution in [0, 0.1) is 11.8 Å². The number of carbonyl (C=O) groups is 2. The van der Waals surface area contributed by atoms with E-state index in [4.69, 9.17) is 14.6 Å². The number of allylic oxidation sites excluding steroid dienone is 5. The van der Waals surface area contributed by atoms with E-state index in [1.54, 1.807) is 6.08 Å². The van der Waals surface area contributed by atoms with Crippen molar-refractivity contribution in [3.63, 3.8) is 0 Å². The highest BCUT2D eigenvalue weighted by atomic mass is 16.7. The second kappa shape index (κ2) is 16.8. The van der Waals surface area contributed by atoms with Crippen molar-refractivity contribution < 1.29 is 24.2 Å². The molecule has 0 bridgehead atoms. The molecule has 1 amide bonds. The van der Waals surface area contributed by atoms with E-state index in [1.165, 1.54) is 12.8 Å². The second-order valence-corrected chi connectivity index (χ2v) is 8.98. The van der Waals surface area contributed by atoms with E-state index in [0.717, 1.165) is 58.0 Å². The third kappa shape index (κ3) is 11.3.